The van der Waals surface area contributed by atoms with Gasteiger partial charge in [0.15, 0.2) is 0 Å². The summed E-state index contributed by atoms with van der Waals surface area (Å²) >= 11 is 0. The largest absolute Gasteiger partial charge is 0.392 e. The molecule has 2 rings (SSSR count). The van der Waals surface area contributed by atoms with E-state index in [1.54, 1.807) is 0 Å². The molecule has 2 aromatic rings. The van der Waals surface area contributed by atoms with E-state index in [9.17, 15) is 0 Å². The van der Waals surface area contributed by atoms with Crippen molar-refractivity contribution in [2.24, 2.45) is 0 Å². The number of pyridine rings is 1. The van der Waals surface area contributed by atoms with Gasteiger partial charge < -0.3 is 9.55 Å². The number of rotatable bonds is 0. The molecule has 0 fully saturated rings. The van der Waals surface area contributed by atoms with Gasteiger partial charge >= 0.3 is 0 Å². The van der Waals surface area contributed by atoms with Gasteiger partial charge in [0.05, 0.1) is 0 Å². The first-order valence-electron chi connectivity index (χ1n) is 4.43. The molecule has 3 heteroatoms. The van der Waals surface area contributed by atoms with Gasteiger partial charge in [-0.3, -0.25) is 0 Å². The predicted molar refractivity (Wildman–Crippen MR) is 53.6 cm³/mol. The van der Waals surface area contributed by atoms with Crippen molar-refractivity contribution in [2.75, 3.05) is 0 Å². The molecule has 1 radical (unpaired) electrons. The number of aromatic nitrogens is 2. The summed E-state index contributed by atoms with van der Waals surface area (Å²) in [5.74, 6) is 0. The molecule has 0 saturated carbocycles. The van der Waals surface area contributed by atoms with E-state index in [1.165, 1.54) is 0 Å². The van der Waals surface area contributed by atoms with Crippen molar-refractivity contribution in [3.05, 3.63) is 30.6 Å². The second-order valence-electron chi connectivity index (χ2n) is 4.19. The molecule has 0 atom stereocenters. The minimum atomic E-state index is 0. The predicted octanol–water partition coefficient (Wildman–Crippen LogP) is 2.59. The molecule has 0 aliphatic heterocycles. The first-order chi connectivity index (χ1) is 6.09. The number of hydrogen-bond acceptors (Lipinski definition) is 1. The Labute approximate surface area is 110 Å². The first kappa shape index (κ1) is 11.9. The van der Waals surface area contributed by atoms with Gasteiger partial charge in [-0.05, 0) is 20.8 Å². The maximum atomic E-state index is 4.34. The molecule has 0 unspecified atom stereocenters. The summed E-state index contributed by atoms with van der Waals surface area (Å²) in [7, 11) is 0. The Morgan fingerprint density at radius 3 is 2.71 bits per heavy atom. The minimum Gasteiger partial charge on any atom is -0.392 e. The van der Waals surface area contributed by atoms with Gasteiger partial charge in [0.25, 0.3) is 0 Å². The van der Waals surface area contributed by atoms with Crippen molar-refractivity contribution in [2.45, 2.75) is 26.3 Å². The van der Waals surface area contributed by atoms with Crippen molar-refractivity contribution >= 4 is 11.0 Å². The Balaban J connectivity index is 0.000000980. The molecule has 0 aliphatic rings. The molecule has 71 valence electrons. The second-order valence-corrected chi connectivity index (χ2v) is 4.19. The third kappa shape index (κ3) is 2.07. The number of fused-ring (bicyclic) bond motifs is 1. The van der Waals surface area contributed by atoms with E-state index < -0.39 is 0 Å². The summed E-state index contributed by atoms with van der Waals surface area (Å²) in [6, 6.07) is 7.16. The van der Waals surface area contributed by atoms with Gasteiger partial charge in [-0.2, -0.15) is 12.1 Å². The van der Waals surface area contributed by atoms with E-state index in [0.29, 0.717) is 0 Å². The van der Waals surface area contributed by atoms with Crippen LogP contribution in [0.25, 0.3) is 11.0 Å². The summed E-state index contributed by atoms with van der Waals surface area (Å²) in [6.45, 7) is 6.48. The number of nitrogens with zero attached hydrogens (tertiary/aromatic N) is 2. The third-order valence-electron chi connectivity index (χ3n) is 2.09. The monoisotopic (exact) mass is 262 g/mol. The van der Waals surface area contributed by atoms with E-state index in [0.717, 1.165) is 11.0 Å². The third-order valence-corrected chi connectivity index (χ3v) is 2.09. The summed E-state index contributed by atoms with van der Waals surface area (Å²) in [6.07, 6.45) is 3.79. The Kier molecular flexibility index (Phi) is 3.49. The van der Waals surface area contributed by atoms with Crippen molar-refractivity contribution in [1.82, 2.24) is 9.55 Å². The minimum absolute atomic E-state index is 0. The fourth-order valence-electron chi connectivity index (χ4n) is 1.41. The zero-order chi connectivity index (χ0) is 9.47. The molecule has 0 saturated heterocycles. The van der Waals surface area contributed by atoms with Gasteiger partial charge in [0, 0.05) is 50.1 Å². The molecule has 2 aromatic heterocycles. The second kappa shape index (κ2) is 4.12. The van der Waals surface area contributed by atoms with Crippen LogP contribution in [-0.2, 0) is 38.2 Å². The Morgan fingerprint density at radius 1 is 1.36 bits per heavy atom. The van der Waals surface area contributed by atoms with Crippen LogP contribution in [0, 0.1) is 6.07 Å². The average Bonchev–Trinajstić information content (AvgIpc) is 2.45. The molecule has 0 aromatic carbocycles. The summed E-state index contributed by atoms with van der Waals surface area (Å²) in [4.78, 5) is 4.34. The van der Waals surface area contributed by atoms with Crippen LogP contribution in [0.3, 0.4) is 0 Å². The quantitative estimate of drug-likeness (QED) is 0.667. The van der Waals surface area contributed by atoms with Gasteiger partial charge in [0.1, 0.15) is 0 Å². The van der Waals surface area contributed by atoms with Gasteiger partial charge in [-0.15, -0.1) is 11.5 Å². The van der Waals surface area contributed by atoms with Crippen LogP contribution in [0.5, 0.6) is 0 Å². The molecule has 0 N–H and O–H groups in total. The van der Waals surface area contributed by atoms with Crippen LogP contribution in [0.1, 0.15) is 20.8 Å². The molecule has 0 amide bonds. The summed E-state index contributed by atoms with van der Waals surface area (Å²) in [5, 5.41) is 1.08. The van der Waals surface area contributed by atoms with Crippen molar-refractivity contribution in [3.63, 3.8) is 0 Å². The molecule has 2 nitrogen and oxygen atoms in total. The van der Waals surface area contributed by atoms with Gasteiger partial charge in [0.2, 0.25) is 0 Å². The van der Waals surface area contributed by atoms with Crippen molar-refractivity contribution in [1.29, 1.82) is 0 Å². The van der Waals surface area contributed by atoms with E-state index >= 15 is 0 Å². The van der Waals surface area contributed by atoms with Crippen LogP contribution < -0.4 is 0 Å². The fourth-order valence-corrected chi connectivity index (χ4v) is 1.41. The Morgan fingerprint density at radius 2 is 2.07 bits per heavy atom. The van der Waals surface area contributed by atoms with E-state index in [-0.39, 0.29) is 38.2 Å². The van der Waals surface area contributed by atoms with Gasteiger partial charge in [-0.1, -0.05) is 6.20 Å². The van der Waals surface area contributed by atoms with Crippen molar-refractivity contribution < 1.29 is 32.7 Å². The molecule has 0 bridgehead atoms. The van der Waals surface area contributed by atoms with Crippen LogP contribution in [0.2, 0.25) is 0 Å². The average molecular weight is 262 g/mol. The maximum Gasteiger partial charge on any atom is 0.0264 e. The Bertz CT molecular complexity index is 426. The summed E-state index contributed by atoms with van der Waals surface area (Å²) < 4.78 is 2.14. The van der Waals surface area contributed by atoms with Gasteiger partial charge in [-0.25, -0.2) is 0 Å². The maximum absolute atomic E-state index is 4.34. The van der Waals surface area contributed by atoms with Crippen LogP contribution in [0.15, 0.2) is 24.5 Å². The van der Waals surface area contributed by atoms with Crippen LogP contribution >= 0.6 is 0 Å². The smallest absolute Gasteiger partial charge is 0.0264 e. The van der Waals surface area contributed by atoms with Crippen LogP contribution in [-0.4, -0.2) is 9.55 Å². The topological polar surface area (TPSA) is 17.8 Å². The summed E-state index contributed by atoms with van der Waals surface area (Å²) in [5.41, 5.74) is 1.09. The zero-order valence-corrected chi connectivity index (χ0v) is 11.6. The van der Waals surface area contributed by atoms with E-state index in [2.05, 4.69) is 36.4 Å². The van der Waals surface area contributed by atoms with E-state index in [1.807, 2.05) is 24.5 Å². The molecule has 0 aliphatic carbocycles. The normalized spacial score (nSPS) is 11.4. The molecular weight excluding hydrogens is 249 g/mol. The standard InChI is InChI=1S/C11H13N2.Y/c1-11(2,3)13-8-6-9-5-4-7-12-10(9)13;/h4-5,7-8H,1-3H3;/q-1;. The Hall–Kier alpha value is -0.206. The van der Waals surface area contributed by atoms with Crippen molar-refractivity contribution in [3.8, 4) is 0 Å². The zero-order valence-electron chi connectivity index (χ0n) is 8.78. The fraction of sp³-hybridized carbons (Fsp3) is 0.364. The molecule has 14 heavy (non-hydrogen) atoms. The first-order valence-corrected chi connectivity index (χ1v) is 4.43. The molecular formula is C11H13N2Y-. The molecule has 2 heterocycles. The van der Waals surface area contributed by atoms with Crippen LogP contribution in [0.4, 0.5) is 0 Å². The SMILES string of the molecule is CC(C)(C)n1c[c-]c2cccnc21.[Y]. The van der Waals surface area contributed by atoms with E-state index in [4.69, 9.17) is 0 Å². The molecule has 0 spiro atoms. The number of hydrogen-bond donors (Lipinski definition) is 0.